The van der Waals surface area contributed by atoms with Crippen LogP contribution in [0.5, 0.6) is 0 Å². The number of aromatic nitrogens is 2. The van der Waals surface area contributed by atoms with Gasteiger partial charge in [0, 0.05) is 0 Å². The van der Waals surface area contributed by atoms with Crippen LogP contribution in [0.4, 0.5) is 4.39 Å². The number of H-pyrrole nitrogens is 1. The van der Waals surface area contributed by atoms with Gasteiger partial charge in [-0.15, -0.1) is 11.6 Å². The number of halogens is 3. The van der Waals surface area contributed by atoms with Gasteiger partial charge < -0.3 is 0 Å². The molecule has 0 saturated heterocycles. The van der Waals surface area contributed by atoms with Crippen molar-refractivity contribution in [2.45, 2.75) is 5.88 Å². The van der Waals surface area contributed by atoms with E-state index in [-0.39, 0.29) is 11.7 Å². The van der Waals surface area contributed by atoms with E-state index in [1.165, 1.54) is 0 Å². The second-order valence-corrected chi connectivity index (χ2v) is 3.71. The number of nitrogens with zero attached hydrogens (tertiary/aromatic N) is 1. The minimum atomic E-state index is -0.318. The Morgan fingerprint density at radius 1 is 1.54 bits per heavy atom. The standard InChI is InChI=1S/C8H5BrClFN2/c9-4-1-2-5-7(8(4)11)6(3-10)13-12-5/h1-2H,3H2,(H,12,13). The van der Waals surface area contributed by atoms with Gasteiger partial charge >= 0.3 is 0 Å². The summed E-state index contributed by atoms with van der Waals surface area (Å²) in [6, 6.07) is 3.35. The highest BCUT2D eigenvalue weighted by atomic mass is 79.9. The van der Waals surface area contributed by atoms with E-state index in [0.717, 1.165) is 0 Å². The summed E-state index contributed by atoms with van der Waals surface area (Å²) in [5, 5.41) is 7.07. The van der Waals surface area contributed by atoms with Crippen molar-refractivity contribution in [2.24, 2.45) is 0 Å². The minimum Gasteiger partial charge on any atom is -0.280 e. The molecule has 1 heterocycles. The highest BCUT2D eigenvalue weighted by molar-refractivity contribution is 9.10. The van der Waals surface area contributed by atoms with Crippen molar-refractivity contribution < 1.29 is 4.39 Å². The molecule has 0 saturated carbocycles. The molecule has 1 aromatic heterocycles. The summed E-state index contributed by atoms with van der Waals surface area (Å²) in [6.45, 7) is 0. The van der Waals surface area contributed by atoms with Gasteiger partial charge in [-0.1, -0.05) is 0 Å². The predicted octanol–water partition coefficient (Wildman–Crippen LogP) is 3.20. The smallest absolute Gasteiger partial charge is 0.148 e. The van der Waals surface area contributed by atoms with E-state index in [1.54, 1.807) is 12.1 Å². The van der Waals surface area contributed by atoms with E-state index >= 15 is 0 Å². The maximum atomic E-state index is 13.5. The maximum Gasteiger partial charge on any atom is 0.148 e. The van der Waals surface area contributed by atoms with Gasteiger partial charge in [0.2, 0.25) is 0 Å². The number of aromatic amines is 1. The molecule has 5 heteroatoms. The fourth-order valence-corrected chi connectivity index (χ4v) is 1.72. The zero-order chi connectivity index (χ0) is 9.42. The number of fused-ring (bicyclic) bond motifs is 1. The zero-order valence-corrected chi connectivity index (χ0v) is 8.78. The summed E-state index contributed by atoms with van der Waals surface area (Å²) < 4.78 is 13.9. The van der Waals surface area contributed by atoms with E-state index in [2.05, 4.69) is 26.1 Å². The molecule has 2 aromatic rings. The van der Waals surface area contributed by atoms with Crippen LogP contribution < -0.4 is 0 Å². The average Bonchev–Trinajstić information content (AvgIpc) is 2.55. The Labute approximate surface area is 87.2 Å². The molecule has 0 fully saturated rings. The fourth-order valence-electron chi connectivity index (χ4n) is 1.20. The van der Waals surface area contributed by atoms with Crippen LogP contribution in [0.1, 0.15) is 5.69 Å². The van der Waals surface area contributed by atoms with Crippen LogP contribution in [-0.2, 0) is 5.88 Å². The average molecular weight is 263 g/mol. The molecule has 0 atom stereocenters. The first-order valence-electron chi connectivity index (χ1n) is 3.61. The third-order valence-corrected chi connectivity index (χ3v) is 2.70. The van der Waals surface area contributed by atoms with Gasteiger partial charge in [-0.3, -0.25) is 5.10 Å². The molecule has 0 spiro atoms. The molecule has 0 radical (unpaired) electrons. The second-order valence-electron chi connectivity index (χ2n) is 2.59. The van der Waals surface area contributed by atoms with Crippen LogP contribution in [-0.4, -0.2) is 10.2 Å². The third-order valence-electron chi connectivity index (χ3n) is 1.82. The number of rotatable bonds is 1. The van der Waals surface area contributed by atoms with Gasteiger partial charge in [0.15, 0.2) is 0 Å². The van der Waals surface area contributed by atoms with Crippen LogP contribution in [0, 0.1) is 5.82 Å². The van der Waals surface area contributed by atoms with E-state index in [9.17, 15) is 4.39 Å². The molecular weight excluding hydrogens is 258 g/mol. The fraction of sp³-hybridized carbons (Fsp3) is 0.125. The number of benzene rings is 1. The number of alkyl halides is 1. The molecule has 0 aliphatic heterocycles. The van der Waals surface area contributed by atoms with Gasteiger partial charge in [0.05, 0.1) is 26.9 Å². The van der Waals surface area contributed by atoms with E-state index in [0.29, 0.717) is 21.1 Å². The maximum absolute atomic E-state index is 13.5. The topological polar surface area (TPSA) is 28.7 Å². The van der Waals surface area contributed by atoms with Crippen LogP contribution in [0.3, 0.4) is 0 Å². The second kappa shape index (κ2) is 3.27. The molecule has 0 aliphatic rings. The van der Waals surface area contributed by atoms with E-state index < -0.39 is 0 Å². The lowest BCUT2D eigenvalue weighted by atomic mass is 10.2. The molecule has 2 rings (SSSR count). The van der Waals surface area contributed by atoms with Crippen LogP contribution in [0.15, 0.2) is 16.6 Å². The van der Waals surface area contributed by atoms with Crippen molar-refractivity contribution in [1.82, 2.24) is 10.2 Å². The largest absolute Gasteiger partial charge is 0.280 e. The highest BCUT2D eigenvalue weighted by Gasteiger charge is 2.11. The summed E-state index contributed by atoms with van der Waals surface area (Å²) in [4.78, 5) is 0. The predicted molar refractivity (Wildman–Crippen MR) is 53.3 cm³/mol. The van der Waals surface area contributed by atoms with Crippen molar-refractivity contribution in [1.29, 1.82) is 0 Å². The molecule has 1 aromatic carbocycles. The van der Waals surface area contributed by atoms with Crippen molar-refractivity contribution in [3.05, 3.63) is 28.1 Å². The Balaban J connectivity index is 2.85. The lowest BCUT2D eigenvalue weighted by Gasteiger charge is -1.96. The van der Waals surface area contributed by atoms with Crippen LogP contribution >= 0.6 is 27.5 Å². The lowest BCUT2D eigenvalue weighted by Crippen LogP contribution is -1.83. The Morgan fingerprint density at radius 2 is 2.31 bits per heavy atom. The molecule has 68 valence electrons. The molecular formula is C8H5BrClFN2. The Bertz CT molecular complexity index is 455. The molecule has 1 N–H and O–H groups in total. The van der Waals surface area contributed by atoms with Gasteiger partial charge in [0.1, 0.15) is 5.82 Å². The molecule has 0 bridgehead atoms. The van der Waals surface area contributed by atoms with Gasteiger partial charge in [-0.05, 0) is 28.1 Å². The van der Waals surface area contributed by atoms with Crippen LogP contribution in [0.25, 0.3) is 10.9 Å². The Morgan fingerprint density at radius 3 is 3.00 bits per heavy atom. The van der Waals surface area contributed by atoms with Gasteiger partial charge in [-0.25, -0.2) is 4.39 Å². The quantitative estimate of drug-likeness (QED) is 0.786. The normalized spacial score (nSPS) is 11.0. The Hall–Kier alpha value is -0.610. The molecule has 2 nitrogen and oxygen atoms in total. The van der Waals surface area contributed by atoms with Gasteiger partial charge in [0.25, 0.3) is 0 Å². The first-order chi connectivity index (χ1) is 6.24. The lowest BCUT2D eigenvalue weighted by molar-refractivity contribution is 0.632. The summed E-state index contributed by atoms with van der Waals surface area (Å²) in [5.74, 6) is -0.0916. The van der Waals surface area contributed by atoms with Crippen molar-refractivity contribution in [3.8, 4) is 0 Å². The third kappa shape index (κ3) is 1.34. The number of nitrogens with one attached hydrogen (secondary N) is 1. The summed E-state index contributed by atoms with van der Waals surface area (Å²) >= 11 is 8.72. The van der Waals surface area contributed by atoms with Crippen molar-refractivity contribution in [3.63, 3.8) is 0 Å². The summed E-state index contributed by atoms with van der Waals surface area (Å²) in [6.07, 6.45) is 0. The SMILES string of the molecule is Fc1c(Br)ccc2n[nH]c(CCl)c12. The van der Waals surface area contributed by atoms with E-state index in [1.807, 2.05) is 0 Å². The minimum absolute atomic E-state index is 0.226. The van der Waals surface area contributed by atoms with Crippen LogP contribution in [0.2, 0.25) is 0 Å². The first-order valence-corrected chi connectivity index (χ1v) is 4.93. The highest BCUT2D eigenvalue weighted by Crippen LogP contribution is 2.26. The summed E-state index contributed by atoms with van der Waals surface area (Å²) in [5.41, 5.74) is 1.20. The molecule has 0 aliphatic carbocycles. The van der Waals surface area contributed by atoms with Crippen molar-refractivity contribution >= 4 is 38.4 Å². The van der Waals surface area contributed by atoms with E-state index in [4.69, 9.17) is 11.6 Å². The zero-order valence-electron chi connectivity index (χ0n) is 6.44. The number of hydrogen-bond acceptors (Lipinski definition) is 1. The molecule has 13 heavy (non-hydrogen) atoms. The number of hydrogen-bond donors (Lipinski definition) is 1. The Kier molecular flexibility index (Phi) is 2.26. The van der Waals surface area contributed by atoms with Gasteiger partial charge in [-0.2, -0.15) is 5.10 Å². The summed E-state index contributed by atoms with van der Waals surface area (Å²) in [7, 11) is 0. The molecule has 0 unspecified atom stereocenters. The monoisotopic (exact) mass is 262 g/mol. The molecule has 0 amide bonds. The first kappa shape index (κ1) is 8.97. The van der Waals surface area contributed by atoms with Crippen molar-refractivity contribution in [2.75, 3.05) is 0 Å².